The number of nitrogens with zero attached hydrogens (tertiary/aromatic N) is 2. The minimum Gasteiger partial charge on any atom is -0.486 e. The first-order valence-corrected chi connectivity index (χ1v) is 9.30. The van der Waals surface area contributed by atoms with Crippen molar-refractivity contribution in [3.8, 4) is 11.5 Å². The number of hydrogen-bond donors (Lipinski definition) is 0. The van der Waals surface area contributed by atoms with Gasteiger partial charge in [0, 0.05) is 32.1 Å². The Morgan fingerprint density at radius 3 is 2.68 bits per heavy atom. The van der Waals surface area contributed by atoms with E-state index in [-0.39, 0.29) is 5.91 Å². The van der Waals surface area contributed by atoms with Gasteiger partial charge in [0.15, 0.2) is 11.5 Å². The number of amides is 1. The van der Waals surface area contributed by atoms with Gasteiger partial charge in [-0.05, 0) is 37.1 Å². The van der Waals surface area contributed by atoms with Gasteiger partial charge in [0.1, 0.15) is 13.2 Å². The van der Waals surface area contributed by atoms with E-state index in [0.29, 0.717) is 38.9 Å². The normalized spacial score (nSPS) is 23.7. The summed E-state index contributed by atoms with van der Waals surface area (Å²) in [6.45, 7) is 5.87. The number of morpholine rings is 1. The minimum atomic E-state index is 0.246. The van der Waals surface area contributed by atoms with Crippen molar-refractivity contribution in [2.24, 2.45) is 0 Å². The number of likely N-dealkylation sites (tertiary alicyclic amines) is 1. The average molecular weight is 346 g/mol. The quantitative estimate of drug-likeness (QED) is 0.833. The van der Waals surface area contributed by atoms with Crippen molar-refractivity contribution in [2.75, 3.05) is 52.6 Å². The van der Waals surface area contributed by atoms with Crippen LogP contribution >= 0.6 is 0 Å². The summed E-state index contributed by atoms with van der Waals surface area (Å²) >= 11 is 0. The first kappa shape index (κ1) is 16.7. The molecule has 0 N–H and O–H groups in total. The summed E-state index contributed by atoms with van der Waals surface area (Å²) in [6, 6.07) is 6.63. The van der Waals surface area contributed by atoms with E-state index in [0.717, 1.165) is 44.1 Å². The highest BCUT2D eigenvalue weighted by Gasteiger charge is 2.28. The molecule has 4 rings (SSSR count). The SMILES string of the molecule is O=C(CCN1CCC[C@@H]1c1ccc2c(c1)OCCO2)N1CCOCC1. The molecule has 0 bridgehead atoms. The van der Waals surface area contributed by atoms with Crippen LogP contribution in [0.4, 0.5) is 0 Å². The molecule has 2 fully saturated rings. The summed E-state index contributed by atoms with van der Waals surface area (Å²) in [6.07, 6.45) is 2.89. The predicted octanol–water partition coefficient (Wildman–Crippen LogP) is 1.84. The van der Waals surface area contributed by atoms with Gasteiger partial charge in [-0.2, -0.15) is 0 Å². The standard InChI is InChI=1S/C19H26N2O4/c22-19(21-8-10-23-11-9-21)5-7-20-6-1-2-16(20)15-3-4-17-18(14-15)25-13-12-24-17/h3-4,14,16H,1-2,5-13H2/t16-/m1/s1. The van der Waals surface area contributed by atoms with Crippen LogP contribution in [0.2, 0.25) is 0 Å². The fraction of sp³-hybridized carbons (Fsp3) is 0.632. The van der Waals surface area contributed by atoms with Crippen molar-refractivity contribution in [3.63, 3.8) is 0 Å². The molecule has 6 nitrogen and oxygen atoms in total. The number of ether oxygens (including phenoxy) is 3. The van der Waals surface area contributed by atoms with Crippen LogP contribution in [0.25, 0.3) is 0 Å². The van der Waals surface area contributed by atoms with Crippen molar-refractivity contribution < 1.29 is 19.0 Å². The van der Waals surface area contributed by atoms with Gasteiger partial charge < -0.3 is 19.1 Å². The Balaban J connectivity index is 1.38. The van der Waals surface area contributed by atoms with Gasteiger partial charge in [0.2, 0.25) is 5.91 Å². The molecule has 3 heterocycles. The largest absolute Gasteiger partial charge is 0.486 e. The molecule has 1 aromatic rings. The number of fused-ring (bicyclic) bond motifs is 1. The summed E-state index contributed by atoms with van der Waals surface area (Å²) in [4.78, 5) is 16.8. The van der Waals surface area contributed by atoms with Crippen LogP contribution < -0.4 is 9.47 Å². The average Bonchev–Trinajstić information content (AvgIpc) is 3.15. The van der Waals surface area contributed by atoms with E-state index in [2.05, 4.69) is 17.0 Å². The molecule has 0 aliphatic carbocycles. The van der Waals surface area contributed by atoms with Crippen LogP contribution in [-0.2, 0) is 9.53 Å². The van der Waals surface area contributed by atoms with Gasteiger partial charge in [0.05, 0.1) is 13.2 Å². The van der Waals surface area contributed by atoms with E-state index in [4.69, 9.17) is 14.2 Å². The first-order valence-electron chi connectivity index (χ1n) is 9.30. The second-order valence-corrected chi connectivity index (χ2v) is 6.84. The zero-order valence-corrected chi connectivity index (χ0v) is 14.6. The Labute approximate surface area is 148 Å². The molecule has 0 radical (unpaired) electrons. The molecule has 3 aliphatic heterocycles. The summed E-state index contributed by atoms with van der Waals surface area (Å²) in [5.74, 6) is 1.93. The maximum absolute atomic E-state index is 12.4. The van der Waals surface area contributed by atoms with Crippen LogP contribution in [0.5, 0.6) is 11.5 Å². The second kappa shape index (κ2) is 7.62. The van der Waals surface area contributed by atoms with Gasteiger partial charge in [-0.3, -0.25) is 9.69 Å². The Morgan fingerprint density at radius 2 is 1.84 bits per heavy atom. The maximum atomic E-state index is 12.4. The summed E-state index contributed by atoms with van der Waals surface area (Å²) in [5.41, 5.74) is 1.26. The third-order valence-electron chi connectivity index (χ3n) is 5.29. The fourth-order valence-corrected chi connectivity index (χ4v) is 3.95. The lowest BCUT2D eigenvalue weighted by molar-refractivity contribution is -0.135. The molecule has 0 spiro atoms. The highest BCUT2D eigenvalue weighted by atomic mass is 16.6. The van der Waals surface area contributed by atoms with Crippen LogP contribution in [0.1, 0.15) is 30.9 Å². The number of rotatable bonds is 4. The number of hydrogen-bond acceptors (Lipinski definition) is 5. The van der Waals surface area contributed by atoms with Gasteiger partial charge >= 0.3 is 0 Å². The predicted molar refractivity (Wildman–Crippen MR) is 93.0 cm³/mol. The Bertz CT molecular complexity index is 615. The topological polar surface area (TPSA) is 51.2 Å². The molecule has 25 heavy (non-hydrogen) atoms. The Kier molecular flexibility index (Phi) is 5.08. The summed E-state index contributed by atoms with van der Waals surface area (Å²) in [7, 11) is 0. The maximum Gasteiger partial charge on any atom is 0.224 e. The Morgan fingerprint density at radius 1 is 1.04 bits per heavy atom. The highest BCUT2D eigenvalue weighted by molar-refractivity contribution is 5.76. The molecule has 1 amide bonds. The molecular formula is C19H26N2O4. The van der Waals surface area contributed by atoms with Gasteiger partial charge in [-0.1, -0.05) is 6.07 Å². The lowest BCUT2D eigenvalue weighted by Crippen LogP contribution is -2.42. The zero-order chi connectivity index (χ0) is 17.1. The summed E-state index contributed by atoms with van der Waals surface area (Å²) in [5, 5.41) is 0. The first-order chi connectivity index (χ1) is 12.3. The molecule has 0 unspecified atom stereocenters. The molecule has 2 saturated heterocycles. The van der Waals surface area contributed by atoms with Gasteiger partial charge in [0.25, 0.3) is 0 Å². The molecule has 6 heteroatoms. The molecule has 1 aromatic carbocycles. The fourth-order valence-electron chi connectivity index (χ4n) is 3.95. The Hall–Kier alpha value is -1.79. The lowest BCUT2D eigenvalue weighted by Gasteiger charge is -2.29. The van der Waals surface area contributed by atoms with Crippen LogP contribution in [0.3, 0.4) is 0 Å². The third kappa shape index (κ3) is 3.75. The van der Waals surface area contributed by atoms with Crippen LogP contribution in [-0.4, -0.2) is 68.3 Å². The smallest absolute Gasteiger partial charge is 0.224 e. The van der Waals surface area contributed by atoms with Crippen LogP contribution in [0, 0.1) is 0 Å². The van der Waals surface area contributed by atoms with Crippen molar-refractivity contribution in [2.45, 2.75) is 25.3 Å². The molecule has 0 aromatic heterocycles. The van der Waals surface area contributed by atoms with Crippen molar-refractivity contribution in [1.82, 2.24) is 9.80 Å². The van der Waals surface area contributed by atoms with Gasteiger partial charge in [-0.15, -0.1) is 0 Å². The molecule has 1 atom stereocenters. The van der Waals surface area contributed by atoms with Crippen molar-refractivity contribution >= 4 is 5.91 Å². The number of benzene rings is 1. The third-order valence-corrected chi connectivity index (χ3v) is 5.29. The van der Waals surface area contributed by atoms with Crippen molar-refractivity contribution in [3.05, 3.63) is 23.8 Å². The second-order valence-electron chi connectivity index (χ2n) is 6.84. The number of carbonyl (C=O) groups is 1. The molecule has 3 aliphatic rings. The van der Waals surface area contributed by atoms with Crippen LogP contribution in [0.15, 0.2) is 18.2 Å². The number of carbonyl (C=O) groups excluding carboxylic acids is 1. The summed E-state index contributed by atoms with van der Waals surface area (Å²) < 4.78 is 16.7. The monoisotopic (exact) mass is 346 g/mol. The molecule has 0 saturated carbocycles. The van der Waals surface area contributed by atoms with Crippen molar-refractivity contribution in [1.29, 1.82) is 0 Å². The molecule has 136 valence electrons. The highest BCUT2D eigenvalue weighted by Crippen LogP contribution is 2.38. The van der Waals surface area contributed by atoms with E-state index >= 15 is 0 Å². The van der Waals surface area contributed by atoms with Gasteiger partial charge in [-0.25, -0.2) is 0 Å². The van der Waals surface area contributed by atoms with E-state index in [1.165, 1.54) is 12.0 Å². The van der Waals surface area contributed by atoms with E-state index in [1.807, 2.05) is 11.0 Å². The minimum absolute atomic E-state index is 0.246. The lowest BCUT2D eigenvalue weighted by atomic mass is 10.0. The van der Waals surface area contributed by atoms with E-state index < -0.39 is 0 Å². The molecular weight excluding hydrogens is 320 g/mol. The van der Waals surface area contributed by atoms with E-state index in [1.54, 1.807) is 0 Å². The zero-order valence-electron chi connectivity index (χ0n) is 14.6. The van der Waals surface area contributed by atoms with E-state index in [9.17, 15) is 4.79 Å².